The predicted molar refractivity (Wildman–Crippen MR) is 98.9 cm³/mol. The number of hydrogen-bond donors (Lipinski definition) is 1. The van der Waals surface area contributed by atoms with Gasteiger partial charge in [0.05, 0.1) is 13.5 Å². The predicted octanol–water partition coefficient (Wildman–Crippen LogP) is 2.58. The van der Waals surface area contributed by atoms with Crippen molar-refractivity contribution in [1.29, 1.82) is 0 Å². The normalized spacial score (nSPS) is 11.8. The number of nitrogens with zero attached hydrogens (tertiary/aromatic N) is 3. The van der Waals surface area contributed by atoms with E-state index in [1.54, 1.807) is 19.5 Å². The Kier molecular flexibility index (Phi) is 5.31. The lowest BCUT2D eigenvalue weighted by atomic mass is 10.0. The van der Waals surface area contributed by atoms with Crippen molar-refractivity contribution in [1.82, 2.24) is 19.9 Å². The van der Waals surface area contributed by atoms with E-state index in [9.17, 15) is 4.79 Å². The maximum Gasteiger partial charge on any atom is 0.225 e. The van der Waals surface area contributed by atoms with Crippen molar-refractivity contribution in [3.8, 4) is 5.75 Å². The molecule has 1 amide bonds. The number of ether oxygens (including phenoxy) is 1. The summed E-state index contributed by atoms with van der Waals surface area (Å²) < 4.78 is 7.37. The summed E-state index contributed by atoms with van der Waals surface area (Å²) in [4.78, 5) is 21.3. The Bertz CT molecular complexity index is 887. The molecule has 1 atom stereocenters. The SMILES string of the molecule is COc1ccccc1C(NC(=O)Cc1ccc(C)nc1)c1nccn1C. The lowest BCUT2D eigenvalue weighted by Gasteiger charge is -2.21. The monoisotopic (exact) mass is 350 g/mol. The molecule has 1 aromatic carbocycles. The zero-order valence-corrected chi connectivity index (χ0v) is 15.1. The van der Waals surface area contributed by atoms with E-state index in [2.05, 4.69) is 15.3 Å². The average molecular weight is 350 g/mol. The van der Waals surface area contributed by atoms with Gasteiger partial charge in [-0.2, -0.15) is 0 Å². The lowest BCUT2D eigenvalue weighted by Crippen LogP contribution is -2.32. The van der Waals surface area contributed by atoms with Gasteiger partial charge in [0, 0.05) is 36.9 Å². The Balaban J connectivity index is 1.88. The maximum atomic E-state index is 12.7. The molecule has 0 saturated heterocycles. The Hall–Kier alpha value is -3.15. The van der Waals surface area contributed by atoms with Gasteiger partial charge in [0.25, 0.3) is 0 Å². The minimum absolute atomic E-state index is 0.102. The van der Waals surface area contributed by atoms with Crippen LogP contribution in [0.2, 0.25) is 0 Å². The quantitative estimate of drug-likeness (QED) is 0.742. The Morgan fingerprint density at radius 1 is 1.23 bits per heavy atom. The van der Waals surface area contributed by atoms with Crippen LogP contribution in [-0.4, -0.2) is 27.6 Å². The molecule has 0 aliphatic carbocycles. The standard InChI is InChI=1S/C20H22N4O2/c1-14-8-9-15(13-22-14)12-18(25)23-19(20-21-10-11-24(20)2)16-6-4-5-7-17(16)26-3/h4-11,13,19H,12H2,1-3H3,(H,23,25). The minimum atomic E-state index is -0.406. The van der Waals surface area contributed by atoms with E-state index in [1.807, 2.05) is 61.1 Å². The summed E-state index contributed by atoms with van der Waals surface area (Å²) in [5, 5.41) is 3.08. The molecule has 1 unspecified atom stereocenters. The summed E-state index contributed by atoms with van der Waals surface area (Å²) in [5.74, 6) is 1.34. The van der Waals surface area contributed by atoms with E-state index in [0.717, 1.165) is 22.6 Å². The number of para-hydroxylation sites is 1. The van der Waals surface area contributed by atoms with Crippen molar-refractivity contribution in [2.75, 3.05) is 7.11 Å². The van der Waals surface area contributed by atoms with Gasteiger partial charge in [-0.05, 0) is 24.6 Å². The van der Waals surface area contributed by atoms with E-state index in [-0.39, 0.29) is 12.3 Å². The van der Waals surface area contributed by atoms with Gasteiger partial charge in [-0.1, -0.05) is 24.3 Å². The summed E-state index contributed by atoms with van der Waals surface area (Å²) in [6.45, 7) is 1.92. The number of carbonyl (C=O) groups is 1. The molecule has 26 heavy (non-hydrogen) atoms. The van der Waals surface area contributed by atoms with Crippen molar-refractivity contribution in [3.05, 3.63) is 77.6 Å². The van der Waals surface area contributed by atoms with Crippen molar-refractivity contribution >= 4 is 5.91 Å². The molecule has 134 valence electrons. The molecule has 3 aromatic rings. The first-order chi connectivity index (χ1) is 12.6. The first-order valence-corrected chi connectivity index (χ1v) is 8.39. The number of aryl methyl sites for hydroxylation is 2. The molecule has 1 N–H and O–H groups in total. The minimum Gasteiger partial charge on any atom is -0.496 e. The summed E-state index contributed by atoms with van der Waals surface area (Å²) in [6.07, 6.45) is 5.55. The van der Waals surface area contributed by atoms with Crippen LogP contribution in [0.5, 0.6) is 5.75 Å². The van der Waals surface area contributed by atoms with Crippen LogP contribution in [0.25, 0.3) is 0 Å². The molecule has 0 aliphatic heterocycles. The summed E-state index contributed by atoms with van der Waals surface area (Å²) in [7, 11) is 3.52. The number of hydrogen-bond acceptors (Lipinski definition) is 4. The van der Waals surface area contributed by atoms with Gasteiger partial charge < -0.3 is 14.6 Å². The highest BCUT2D eigenvalue weighted by molar-refractivity contribution is 5.79. The van der Waals surface area contributed by atoms with Gasteiger partial charge in [0.1, 0.15) is 17.6 Å². The van der Waals surface area contributed by atoms with E-state index >= 15 is 0 Å². The molecule has 2 heterocycles. The zero-order chi connectivity index (χ0) is 18.5. The van der Waals surface area contributed by atoms with Gasteiger partial charge in [-0.3, -0.25) is 9.78 Å². The van der Waals surface area contributed by atoms with Crippen molar-refractivity contribution in [2.24, 2.45) is 7.05 Å². The van der Waals surface area contributed by atoms with Crippen LogP contribution in [0.1, 0.15) is 28.7 Å². The average Bonchev–Trinajstić information content (AvgIpc) is 3.07. The number of pyridine rings is 1. The van der Waals surface area contributed by atoms with Crippen molar-refractivity contribution < 1.29 is 9.53 Å². The van der Waals surface area contributed by atoms with Gasteiger partial charge in [0.2, 0.25) is 5.91 Å². The molecule has 2 aromatic heterocycles. The number of aromatic nitrogens is 3. The highest BCUT2D eigenvalue weighted by atomic mass is 16.5. The first-order valence-electron chi connectivity index (χ1n) is 8.39. The number of rotatable bonds is 6. The molecule has 6 nitrogen and oxygen atoms in total. The van der Waals surface area contributed by atoms with Gasteiger partial charge >= 0.3 is 0 Å². The van der Waals surface area contributed by atoms with Crippen LogP contribution in [0.15, 0.2) is 55.0 Å². The largest absolute Gasteiger partial charge is 0.496 e. The number of imidazole rings is 1. The van der Waals surface area contributed by atoms with Crippen LogP contribution in [0, 0.1) is 6.92 Å². The van der Waals surface area contributed by atoms with Crippen molar-refractivity contribution in [3.63, 3.8) is 0 Å². The number of carbonyl (C=O) groups excluding carboxylic acids is 1. The third kappa shape index (κ3) is 3.91. The Morgan fingerprint density at radius 2 is 2.04 bits per heavy atom. The molecule has 0 bridgehead atoms. The topological polar surface area (TPSA) is 69.0 Å². The highest BCUT2D eigenvalue weighted by Crippen LogP contribution is 2.29. The second-order valence-electron chi connectivity index (χ2n) is 6.12. The number of methoxy groups -OCH3 is 1. The summed E-state index contributed by atoms with van der Waals surface area (Å²) in [5.41, 5.74) is 2.65. The molecule has 3 rings (SSSR count). The van der Waals surface area contributed by atoms with E-state index in [1.165, 1.54) is 0 Å². The fourth-order valence-corrected chi connectivity index (χ4v) is 2.84. The Morgan fingerprint density at radius 3 is 2.69 bits per heavy atom. The second kappa shape index (κ2) is 7.82. The van der Waals surface area contributed by atoms with E-state index < -0.39 is 6.04 Å². The molecule has 6 heteroatoms. The van der Waals surface area contributed by atoms with Crippen LogP contribution in [-0.2, 0) is 18.3 Å². The molecular weight excluding hydrogens is 328 g/mol. The third-order valence-electron chi connectivity index (χ3n) is 4.21. The number of benzene rings is 1. The fourth-order valence-electron chi connectivity index (χ4n) is 2.84. The van der Waals surface area contributed by atoms with Crippen LogP contribution < -0.4 is 10.1 Å². The molecule has 0 spiro atoms. The zero-order valence-electron chi connectivity index (χ0n) is 15.1. The van der Waals surface area contributed by atoms with E-state index in [4.69, 9.17) is 4.74 Å². The van der Waals surface area contributed by atoms with Crippen molar-refractivity contribution in [2.45, 2.75) is 19.4 Å². The molecule has 0 radical (unpaired) electrons. The second-order valence-corrected chi connectivity index (χ2v) is 6.12. The lowest BCUT2D eigenvalue weighted by molar-refractivity contribution is -0.121. The molecule has 0 fully saturated rings. The third-order valence-corrected chi connectivity index (χ3v) is 4.21. The summed E-state index contributed by atoms with van der Waals surface area (Å²) >= 11 is 0. The smallest absolute Gasteiger partial charge is 0.225 e. The fraction of sp³-hybridized carbons (Fsp3) is 0.250. The summed E-state index contributed by atoms with van der Waals surface area (Å²) in [6, 6.07) is 11.0. The van der Waals surface area contributed by atoms with Crippen LogP contribution in [0.3, 0.4) is 0 Å². The number of nitrogens with one attached hydrogen (secondary N) is 1. The maximum absolute atomic E-state index is 12.7. The first kappa shape index (κ1) is 17.7. The van der Waals surface area contributed by atoms with Gasteiger partial charge in [-0.25, -0.2) is 4.98 Å². The van der Waals surface area contributed by atoms with Gasteiger partial charge in [0.15, 0.2) is 0 Å². The molecule has 0 aliphatic rings. The van der Waals surface area contributed by atoms with Gasteiger partial charge in [-0.15, -0.1) is 0 Å². The number of amides is 1. The van der Waals surface area contributed by atoms with E-state index in [0.29, 0.717) is 5.75 Å². The molecule has 0 saturated carbocycles. The molecular formula is C20H22N4O2. The van der Waals surface area contributed by atoms with Crippen LogP contribution >= 0.6 is 0 Å². The van der Waals surface area contributed by atoms with Crippen LogP contribution in [0.4, 0.5) is 0 Å². The Labute approximate surface area is 152 Å². The highest BCUT2D eigenvalue weighted by Gasteiger charge is 2.23.